The number of nitrogens with two attached hydrogens (primary N) is 1. The first-order chi connectivity index (χ1) is 7.72. The van der Waals surface area contributed by atoms with E-state index in [2.05, 4.69) is 19.1 Å². The Morgan fingerprint density at radius 1 is 1.29 bits per heavy atom. The standard InChI is InChI=1S/C14H21NO.ClH/c1-10-9-12(16-2)7-8-13(10)14(15)11-5-3-4-6-11;/h7-9,11,14H,3-6,15H2,1-2H3;1H/t14-;/m0./s1. The van der Waals surface area contributed by atoms with Crippen LogP contribution in [0, 0.1) is 12.8 Å². The van der Waals surface area contributed by atoms with Crippen LogP contribution in [-0.4, -0.2) is 7.11 Å². The number of halogens is 1. The lowest BCUT2D eigenvalue weighted by molar-refractivity contribution is 0.412. The Balaban J connectivity index is 0.00000144. The number of benzene rings is 1. The smallest absolute Gasteiger partial charge is 0.119 e. The van der Waals surface area contributed by atoms with Gasteiger partial charge in [-0.05, 0) is 48.9 Å². The van der Waals surface area contributed by atoms with E-state index >= 15 is 0 Å². The van der Waals surface area contributed by atoms with Crippen molar-refractivity contribution in [2.24, 2.45) is 11.7 Å². The summed E-state index contributed by atoms with van der Waals surface area (Å²) >= 11 is 0. The van der Waals surface area contributed by atoms with Crippen LogP contribution in [0.2, 0.25) is 0 Å². The monoisotopic (exact) mass is 255 g/mol. The number of methoxy groups -OCH3 is 1. The molecule has 96 valence electrons. The Kier molecular flexibility index (Phi) is 5.29. The number of rotatable bonds is 3. The minimum absolute atomic E-state index is 0. The minimum Gasteiger partial charge on any atom is -0.497 e. The fraction of sp³-hybridized carbons (Fsp3) is 0.571. The lowest BCUT2D eigenvalue weighted by atomic mass is 9.90. The molecule has 1 aromatic rings. The van der Waals surface area contributed by atoms with Gasteiger partial charge in [-0.25, -0.2) is 0 Å². The number of aryl methyl sites for hydroxylation is 1. The van der Waals surface area contributed by atoms with Gasteiger partial charge < -0.3 is 10.5 Å². The highest BCUT2D eigenvalue weighted by Gasteiger charge is 2.24. The van der Waals surface area contributed by atoms with Gasteiger partial charge in [0.05, 0.1) is 7.11 Å². The normalized spacial score (nSPS) is 17.6. The first-order valence-electron chi connectivity index (χ1n) is 6.12. The molecular formula is C14H22ClNO. The molecule has 1 fully saturated rings. The maximum atomic E-state index is 6.35. The number of hydrogen-bond donors (Lipinski definition) is 1. The highest BCUT2D eigenvalue weighted by molar-refractivity contribution is 5.85. The van der Waals surface area contributed by atoms with Crippen LogP contribution in [0.5, 0.6) is 5.75 Å². The Hall–Kier alpha value is -0.730. The van der Waals surface area contributed by atoms with Crippen LogP contribution in [0.3, 0.4) is 0 Å². The zero-order valence-electron chi connectivity index (χ0n) is 10.6. The molecule has 0 aliphatic heterocycles. The summed E-state index contributed by atoms with van der Waals surface area (Å²) in [5, 5.41) is 0. The summed E-state index contributed by atoms with van der Waals surface area (Å²) in [4.78, 5) is 0. The van der Waals surface area contributed by atoms with E-state index in [9.17, 15) is 0 Å². The van der Waals surface area contributed by atoms with E-state index in [-0.39, 0.29) is 18.4 Å². The van der Waals surface area contributed by atoms with Crippen LogP contribution in [0.4, 0.5) is 0 Å². The fourth-order valence-electron chi connectivity index (χ4n) is 2.72. The topological polar surface area (TPSA) is 35.2 Å². The molecule has 2 nitrogen and oxygen atoms in total. The predicted molar refractivity (Wildman–Crippen MR) is 73.9 cm³/mol. The van der Waals surface area contributed by atoms with Crippen molar-refractivity contribution >= 4 is 12.4 Å². The fourth-order valence-corrected chi connectivity index (χ4v) is 2.72. The summed E-state index contributed by atoms with van der Waals surface area (Å²) in [6, 6.07) is 6.41. The zero-order chi connectivity index (χ0) is 11.5. The van der Waals surface area contributed by atoms with E-state index in [1.807, 2.05) is 6.07 Å². The van der Waals surface area contributed by atoms with Crippen molar-refractivity contribution in [1.82, 2.24) is 0 Å². The molecule has 0 aromatic heterocycles. The summed E-state index contributed by atoms with van der Waals surface area (Å²) in [6.07, 6.45) is 5.25. The van der Waals surface area contributed by atoms with Crippen molar-refractivity contribution in [2.45, 2.75) is 38.6 Å². The molecule has 1 saturated carbocycles. The molecule has 0 amide bonds. The van der Waals surface area contributed by atoms with Crippen LogP contribution in [0.15, 0.2) is 18.2 Å². The highest BCUT2D eigenvalue weighted by atomic mass is 35.5. The van der Waals surface area contributed by atoms with E-state index < -0.39 is 0 Å². The molecule has 2 rings (SSSR count). The number of hydrogen-bond acceptors (Lipinski definition) is 2. The first kappa shape index (κ1) is 14.3. The second-order valence-corrected chi connectivity index (χ2v) is 4.79. The third-order valence-electron chi connectivity index (χ3n) is 3.74. The summed E-state index contributed by atoms with van der Waals surface area (Å²) in [7, 11) is 1.70. The lowest BCUT2D eigenvalue weighted by Crippen LogP contribution is -2.20. The van der Waals surface area contributed by atoms with Crippen molar-refractivity contribution in [1.29, 1.82) is 0 Å². The van der Waals surface area contributed by atoms with Crippen LogP contribution in [0.1, 0.15) is 42.9 Å². The summed E-state index contributed by atoms with van der Waals surface area (Å²) in [6.45, 7) is 2.12. The van der Waals surface area contributed by atoms with Gasteiger partial charge in [-0.3, -0.25) is 0 Å². The molecule has 2 N–H and O–H groups in total. The highest BCUT2D eigenvalue weighted by Crippen LogP contribution is 2.35. The molecule has 1 aliphatic rings. The van der Waals surface area contributed by atoms with Crippen molar-refractivity contribution in [3.05, 3.63) is 29.3 Å². The number of ether oxygens (including phenoxy) is 1. The van der Waals surface area contributed by atoms with E-state index in [1.54, 1.807) is 7.11 Å². The van der Waals surface area contributed by atoms with Gasteiger partial charge in [-0.2, -0.15) is 0 Å². The second kappa shape index (κ2) is 6.27. The molecule has 0 spiro atoms. The van der Waals surface area contributed by atoms with Gasteiger partial charge in [-0.1, -0.05) is 18.9 Å². The third kappa shape index (κ3) is 3.14. The van der Waals surface area contributed by atoms with Gasteiger partial charge in [0.25, 0.3) is 0 Å². The predicted octanol–water partition coefficient (Wildman–Crippen LogP) is 3.62. The van der Waals surface area contributed by atoms with Crippen molar-refractivity contribution < 1.29 is 4.74 Å². The van der Waals surface area contributed by atoms with Crippen molar-refractivity contribution in [3.63, 3.8) is 0 Å². The van der Waals surface area contributed by atoms with Crippen LogP contribution in [-0.2, 0) is 0 Å². The largest absolute Gasteiger partial charge is 0.497 e. The van der Waals surface area contributed by atoms with Gasteiger partial charge >= 0.3 is 0 Å². The van der Waals surface area contributed by atoms with Crippen molar-refractivity contribution in [2.75, 3.05) is 7.11 Å². The van der Waals surface area contributed by atoms with Gasteiger partial charge in [0.2, 0.25) is 0 Å². The Morgan fingerprint density at radius 2 is 1.94 bits per heavy atom. The molecule has 1 aromatic carbocycles. The molecule has 1 atom stereocenters. The van der Waals surface area contributed by atoms with E-state index in [0.29, 0.717) is 5.92 Å². The second-order valence-electron chi connectivity index (χ2n) is 4.79. The maximum absolute atomic E-state index is 6.35. The lowest BCUT2D eigenvalue weighted by Gasteiger charge is -2.21. The quantitative estimate of drug-likeness (QED) is 0.896. The maximum Gasteiger partial charge on any atom is 0.119 e. The van der Waals surface area contributed by atoms with Gasteiger partial charge in [0.1, 0.15) is 5.75 Å². The first-order valence-corrected chi connectivity index (χ1v) is 6.12. The summed E-state index contributed by atoms with van der Waals surface area (Å²) in [5.41, 5.74) is 8.89. The van der Waals surface area contributed by atoms with Gasteiger partial charge in [-0.15, -0.1) is 12.4 Å². The van der Waals surface area contributed by atoms with Gasteiger partial charge in [0.15, 0.2) is 0 Å². The molecule has 0 saturated heterocycles. The van der Waals surface area contributed by atoms with E-state index in [0.717, 1.165) is 5.75 Å². The van der Waals surface area contributed by atoms with E-state index in [4.69, 9.17) is 10.5 Å². The van der Waals surface area contributed by atoms with Crippen LogP contribution >= 0.6 is 12.4 Å². The van der Waals surface area contributed by atoms with Crippen LogP contribution in [0.25, 0.3) is 0 Å². The van der Waals surface area contributed by atoms with E-state index in [1.165, 1.54) is 36.8 Å². The molecule has 3 heteroatoms. The Labute approximate surface area is 110 Å². The molecule has 0 bridgehead atoms. The minimum atomic E-state index is 0. The Morgan fingerprint density at radius 3 is 2.47 bits per heavy atom. The molecule has 0 heterocycles. The van der Waals surface area contributed by atoms with Gasteiger partial charge in [0, 0.05) is 6.04 Å². The molecular weight excluding hydrogens is 234 g/mol. The average Bonchev–Trinajstić information content (AvgIpc) is 2.81. The summed E-state index contributed by atoms with van der Waals surface area (Å²) < 4.78 is 5.21. The Bertz CT molecular complexity index is 361. The van der Waals surface area contributed by atoms with Crippen molar-refractivity contribution in [3.8, 4) is 5.75 Å². The average molecular weight is 256 g/mol. The molecule has 0 radical (unpaired) electrons. The van der Waals surface area contributed by atoms with Crippen LogP contribution < -0.4 is 10.5 Å². The molecule has 1 aliphatic carbocycles. The SMILES string of the molecule is COc1ccc([C@@H](N)C2CCCC2)c(C)c1.Cl. The third-order valence-corrected chi connectivity index (χ3v) is 3.74. The molecule has 0 unspecified atom stereocenters. The zero-order valence-corrected chi connectivity index (χ0v) is 11.4. The summed E-state index contributed by atoms with van der Waals surface area (Å²) in [5.74, 6) is 1.59. The molecule has 17 heavy (non-hydrogen) atoms.